The van der Waals surface area contributed by atoms with Gasteiger partial charge in [-0.3, -0.25) is 9.59 Å². The van der Waals surface area contributed by atoms with E-state index in [1.165, 1.54) is 11.3 Å². The van der Waals surface area contributed by atoms with Gasteiger partial charge < -0.3 is 19.4 Å². The number of hydrogen-bond donors (Lipinski definition) is 1. The molecule has 0 saturated heterocycles. The van der Waals surface area contributed by atoms with E-state index >= 15 is 0 Å². The summed E-state index contributed by atoms with van der Waals surface area (Å²) >= 11 is 3.08. The van der Waals surface area contributed by atoms with Gasteiger partial charge in [0.2, 0.25) is 5.91 Å². The Morgan fingerprint density at radius 3 is 2.29 bits per heavy atom. The van der Waals surface area contributed by atoms with Gasteiger partial charge >= 0.3 is 0 Å². The molecule has 1 aromatic carbocycles. The molecular weight excluding hydrogens is 468 g/mol. The first kappa shape index (κ1) is 23.8. The summed E-state index contributed by atoms with van der Waals surface area (Å²) in [6.07, 6.45) is 0.227. The minimum absolute atomic E-state index is 0.130. The molecule has 8 heteroatoms. The maximum atomic E-state index is 13.5. The molecule has 4 rings (SSSR count). The highest BCUT2D eigenvalue weighted by molar-refractivity contribution is 7.10. The lowest BCUT2D eigenvalue weighted by molar-refractivity contribution is -0.141. The second-order valence-corrected chi connectivity index (χ2v) is 9.84. The van der Waals surface area contributed by atoms with Crippen molar-refractivity contribution in [3.8, 4) is 5.75 Å². The number of carbonyl (C=O) groups excluding carboxylic acids is 2. The quantitative estimate of drug-likeness (QED) is 0.323. The third-order valence-corrected chi connectivity index (χ3v) is 7.09. The lowest BCUT2D eigenvalue weighted by atomic mass is 10.1. The summed E-state index contributed by atoms with van der Waals surface area (Å²) < 4.78 is 11.1. The standard InChI is InChI=1S/C26H26N2O4S2/c1-18-7-12-23(32-18)25(26(30)27-16-19-8-10-20(31-2)11-9-19)28(17-22-6-4-14-34-22)24(29)15-21-5-3-13-33-21/h3-14,25H,15-17H2,1-2H3,(H,27,30)/t25-/m1/s1. The van der Waals surface area contributed by atoms with Gasteiger partial charge in [-0.25, -0.2) is 0 Å². The number of nitrogens with one attached hydrogen (secondary N) is 1. The third kappa shape index (κ3) is 5.95. The Morgan fingerprint density at radius 1 is 1.00 bits per heavy atom. The van der Waals surface area contributed by atoms with Crippen LogP contribution in [0.1, 0.15) is 32.9 Å². The molecular formula is C26H26N2O4S2. The van der Waals surface area contributed by atoms with Crippen LogP contribution in [0.15, 0.2) is 75.8 Å². The Morgan fingerprint density at radius 2 is 1.71 bits per heavy atom. The smallest absolute Gasteiger partial charge is 0.251 e. The van der Waals surface area contributed by atoms with E-state index < -0.39 is 6.04 Å². The van der Waals surface area contributed by atoms with Crippen molar-refractivity contribution in [1.82, 2.24) is 10.2 Å². The van der Waals surface area contributed by atoms with Gasteiger partial charge in [0, 0.05) is 16.3 Å². The van der Waals surface area contributed by atoms with Crippen LogP contribution in [0.2, 0.25) is 0 Å². The maximum Gasteiger partial charge on any atom is 0.251 e. The number of hydrogen-bond acceptors (Lipinski definition) is 6. The zero-order valence-corrected chi connectivity index (χ0v) is 20.7. The highest BCUT2D eigenvalue weighted by Crippen LogP contribution is 2.28. The first-order valence-corrected chi connectivity index (χ1v) is 12.6. The summed E-state index contributed by atoms with van der Waals surface area (Å²) in [6, 6.07) is 18.0. The van der Waals surface area contributed by atoms with Crippen molar-refractivity contribution in [1.29, 1.82) is 0 Å². The van der Waals surface area contributed by atoms with E-state index in [9.17, 15) is 9.59 Å². The topological polar surface area (TPSA) is 71.8 Å². The lowest BCUT2D eigenvalue weighted by Crippen LogP contribution is -2.43. The predicted octanol–water partition coefficient (Wildman–Crippen LogP) is 5.35. The van der Waals surface area contributed by atoms with Gasteiger partial charge in [-0.1, -0.05) is 24.3 Å². The summed E-state index contributed by atoms with van der Waals surface area (Å²) in [5.74, 6) is 1.46. The summed E-state index contributed by atoms with van der Waals surface area (Å²) in [4.78, 5) is 30.6. The SMILES string of the molecule is COc1ccc(CNC(=O)[C@@H](c2ccc(C)o2)N(Cc2cccs2)C(=O)Cc2cccs2)cc1. The Balaban J connectivity index is 1.60. The highest BCUT2D eigenvalue weighted by Gasteiger charge is 2.34. The Hall–Kier alpha value is -3.36. The van der Waals surface area contributed by atoms with Gasteiger partial charge in [0.25, 0.3) is 5.91 Å². The van der Waals surface area contributed by atoms with E-state index in [1.54, 1.807) is 29.4 Å². The van der Waals surface area contributed by atoms with E-state index in [0.29, 0.717) is 24.6 Å². The van der Waals surface area contributed by atoms with Gasteiger partial charge in [-0.2, -0.15) is 0 Å². The Bertz CT molecular complexity index is 1200. The zero-order valence-electron chi connectivity index (χ0n) is 19.0. The highest BCUT2D eigenvalue weighted by atomic mass is 32.1. The average molecular weight is 495 g/mol. The van der Waals surface area contributed by atoms with Gasteiger partial charge in [0.15, 0.2) is 6.04 Å². The molecule has 1 N–H and O–H groups in total. The number of rotatable bonds is 10. The molecule has 1 atom stereocenters. The Labute approximate surface area is 206 Å². The van der Waals surface area contributed by atoms with Crippen LogP contribution in [0, 0.1) is 6.92 Å². The van der Waals surface area contributed by atoms with Crippen molar-refractivity contribution < 1.29 is 18.7 Å². The summed E-state index contributed by atoms with van der Waals surface area (Å²) in [5, 5.41) is 6.90. The number of benzene rings is 1. The fourth-order valence-electron chi connectivity index (χ4n) is 3.61. The lowest BCUT2D eigenvalue weighted by Gasteiger charge is -2.29. The van der Waals surface area contributed by atoms with Crippen molar-refractivity contribution >= 4 is 34.5 Å². The van der Waals surface area contributed by atoms with Crippen LogP contribution in [0.5, 0.6) is 5.75 Å². The first-order chi connectivity index (χ1) is 16.5. The molecule has 0 unspecified atom stereocenters. The average Bonchev–Trinajstić information content (AvgIpc) is 3.62. The minimum atomic E-state index is -0.887. The Kier molecular flexibility index (Phi) is 7.82. The zero-order chi connectivity index (χ0) is 23.9. The van der Waals surface area contributed by atoms with Crippen LogP contribution in [-0.2, 0) is 29.1 Å². The number of nitrogens with zero attached hydrogens (tertiary/aromatic N) is 1. The van der Waals surface area contributed by atoms with Gasteiger partial charge in [-0.15, -0.1) is 22.7 Å². The molecule has 0 aliphatic rings. The number of aryl methyl sites for hydroxylation is 1. The van der Waals surface area contributed by atoms with Crippen LogP contribution >= 0.6 is 22.7 Å². The van der Waals surface area contributed by atoms with E-state index in [1.807, 2.05) is 72.3 Å². The van der Waals surface area contributed by atoms with E-state index in [2.05, 4.69) is 5.32 Å². The molecule has 0 bridgehead atoms. The van der Waals surface area contributed by atoms with Crippen LogP contribution < -0.4 is 10.1 Å². The van der Waals surface area contributed by atoms with Crippen molar-refractivity contribution in [2.75, 3.05) is 7.11 Å². The molecule has 0 aliphatic heterocycles. The van der Waals surface area contributed by atoms with Crippen molar-refractivity contribution in [3.63, 3.8) is 0 Å². The summed E-state index contributed by atoms with van der Waals surface area (Å²) in [7, 11) is 1.61. The van der Waals surface area contributed by atoms with Crippen LogP contribution in [-0.4, -0.2) is 23.8 Å². The molecule has 3 aromatic heterocycles. The fraction of sp³-hybridized carbons (Fsp3) is 0.231. The van der Waals surface area contributed by atoms with Crippen LogP contribution in [0.4, 0.5) is 0 Å². The largest absolute Gasteiger partial charge is 0.497 e. The number of carbonyl (C=O) groups is 2. The molecule has 0 aliphatic carbocycles. The second-order valence-electron chi connectivity index (χ2n) is 7.77. The van der Waals surface area contributed by atoms with Crippen molar-refractivity contribution in [3.05, 3.63) is 98.3 Å². The monoisotopic (exact) mass is 494 g/mol. The fourth-order valence-corrected chi connectivity index (χ4v) is 5.01. The molecule has 2 amide bonds. The van der Waals surface area contributed by atoms with Gasteiger partial charge in [0.1, 0.15) is 17.3 Å². The molecule has 176 valence electrons. The molecule has 0 radical (unpaired) electrons. The van der Waals surface area contributed by atoms with Gasteiger partial charge in [0.05, 0.1) is 20.1 Å². The van der Waals surface area contributed by atoms with Crippen molar-refractivity contribution in [2.45, 2.75) is 32.5 Å². The number of thiophene rings is 2. The number of amides is 2. The van der Waals surface area contributed by atoms with E-state index in [-0.39, 0.29) is 18.2 Å². The molecule has 34 heavy (non-hydrogen) atoms. The van der Waals surface area contributed by atoms with Crippen molar-refractivity contribution in [2.24, 2.45) is 0 Å². The number of methoxy groups -OCH3 is 1. The normalized spacial score (nSPS) is 11.7. The minimum Gasteiger partial charge on any atom is -0.497 e. The molecule has 0 spiro atoms. The number of furan rings is 1. The summed E-state index contributed by atoms with van der Waals surface area (Å²) in [5.41, 5.74) is 0.929. The number of ether oxygens (including phenoxy) is 1. The molecule has 6 nitrogen and oxygen atoms in total. The van der Waals surface area contributed by atoms with E-state index in [0.717, 1.165) is 21.1 Å². The van der Waals surface area contributed by atoms with Gasteiger partial charge in [-0.05, 0) is 59.6 Å². The molecule has 4 aromatic rings. The maximum absolute atomic E-state index is 13.5. The molecule has 3 heterocycles. The summed E-state index contributed by atoms with van der Waals surface area (Å²) in [6.45, 7) is 2.47. The van der Waals surface area contributed by atoms with Crippen LogP contribution in [0.3, 0.4) is 0 Å². The third-order valence-electron chi connectivity index (χ3n) is 5.35. The van der Waals surface area contributed by atoms with Crippen LogP contribution in [0.25, 0.3) is 0 Å². The first-order valence-electron chi connectivity index (χ1n) is 10.8. The van der Waals surface area contributed by atoms with E-state index in [4.69, 9.17) is 9.15 Å². The molecule has 0 fully saturated rings. The second kappa shape index (κ2) is 11.2. The molecule has 0 saturated carbocycles. The predicted molar refractivity (Wildman–Crippen MR) is 134 cm³/mol.